The van der Waals surface area contributed by atoms with E-state index in [0.717, 1.165) is 15.9 Å². The number of aromatic nitrogens is 2. The number of nitrogens with zero attached hydrogens (tertiary/aromatic N) is 4. The summed E-state index contributed by atoms with van der Waals surface area (Å²) >= 11 is 0. The maximum atomic E-state index is 13.5. The Kier molecular flexibility index (Phi) is 9.52. The van der Waals surface area contributed by atoms with Gasteiger partial charge in [0.1, 0.15) is 4.90 Å². The van der Waals surface area contributed by atoms with Crippen LogP contribution in [0.15, 0.2) is 53.7 Å². The summed E-state index contributed by atoms with van der Waals surface area (Å²) in [7, 11) is 0.793. The van der Waals surface area contributed by atoms with Crippen LogP contribution in [0, 0.1) is 18.8 Å². The van der Waals surface area contributed by atoms with Crippen LogP contribution in [0.4, 0.5) is 24.8 Å². The van der Waals surface area contributed by atoms with Crippen molar-refractivity contribution in [1.29, 1.82) is 0 Å². The first-order chi connectivity index (χ1) is 18.7. The number of halogens is 3. The van der Waals surface area contributed by atoms with Crippen molar-refractivity contribution in [2.45, 2.75) is 24.4 Å². The molecule has 9 nitrogen and oxygen atoms in total. The van der Waals surface area contributed by atoms with E-state index in [2.05, 4.69) is 27.1 Å². The number of aryl methyl sites for hydroxylation is 1. The fourth-order valence-electron chi connectivity index (χ4n) is 3.56. The van der Waals surface area contributed by atoms with Crippen molar-refractivity contribution in [2.75, 3.05) is 45.3 Å². The van der Waals surface area contributed by atoms with E-state index in [9.17, 15) is 26.4 Å². The summed E-state index contributed by atoms with van der Waals surface area (Å²) in [6.45, 7) is 2.52. The van der Waals surface area contributed by atoms with Gasteiger partial charge in [-0.3, -0.25) is 4.79 Å². The third kappa shape index (κ3) is 7.78. The SMILES string of the molecule is Cc1ccc(C(=O)Nc2cc(C(F)(F)F)ccc2S(=O)(=O)N(C)CCCN(C)C)cc1C#Cc1cnc(N)nc1. The minimum atomic E-state index is -4.75. The van der Waals surface area contributed by atoms with Crippen molar-refractivity contribution < 1.29 is 26.4 Å². The van der Waals surface area contributed by atoms with E-state index in [1.54, 1.807) is 13.0 Å². The Morgan fingerprint density at radius 3 is 2.33 bits per heavy atom. The molecule has 0 radical (unpaired) electrons. The van der Waals surface area contributed by atoms with Crippen molar-refractivity contribution >= 4 is 27.6 Å². The first-order valence-corrected chi connectivity index (χ1v) is 13.5. The fourth-order valence-corrected chi connectivity index (χ4v) is 4.89. The highest BCUT2D eigenvalue weighted by molar-refractivity contribution is 7.89. The van der Waals surface area contributed by atoms with Gasteiger partial charge >= 0.3 is 6.18 Å². The Hall–Kier alpha value is -3.99. The number of sulfonamides is 1. The normalized spacial score (nSPS) is 11.8. The second-order valence-electron chi connectivity index (χ2n) is 9.26. The molecule has 0 saturated heterocycles. The molecule has 0 unspecified atom stereocenters. The van der Waals surface area contributed by atoms with Crippen molar-refractivity contribution in [3.63, 3.8) is 0 Å². The largest absolute Gasteiger partial charge is 0.416 e. The molecule has 212 valence electrons. The zero-order valence-electron chi connectivity index (χ0n) is 22.4. The van der Waals surface area contributed by atoms with Crippen LogP contribution in [-0.2, 0) is 16.2 Å². The highest BCUT2D eigenvalue weighted by Gasteiger charge is 2.33. The Balaban J connectivity index is 1.95. The van der Waals surface area contributed by atoms with Gasteiger partial charge in [-0.05, 0) is 69.9 Å². The number of carbonyl (C=O) groups excluding carboxylic acids is 1. The van der Waals surface area contributed by atoms with Gasteiger partial charge in [-0.15, -0.1) is 0 Å². The lowest BCUT2D eigenvalue weighted by molar-refractivity contribution is -0.137. The Labute approximate surface area is 231 Å². The zero-order chi connectivity index (χ0) is 29.7. The average molecular weight is 575 g/mol. The molecule has 0 spiro atoms. The monoisotopic (exact) mass is 574 g/mol. The molecule has 0 aliphatic heterocycles. The molecule has 40 heavy (non-hydrogen) atoms. The van der Waals surface area contributed by atoms with Crippen LogP contribution in [0.2, 0.25) is 0 Å². The maximum absolute atomic E-state index is 13.5. The molecule has 0 fully saturated rings. The van der Waals surface area contributed by atoms with Gasteiger partial charge in [0.2, 0.25) is 16.0 Å². The maximum Gasteiger partial charge on any atom is 0.416 e. The number of carbonyl (C=O) groups is 1. The van der Waals surface area contributed by atoms with Gasteiger partial charge in [-0.1, -0.05) is 17.9 Å². The van der Waals surface area contributed by atoms with Crippen LogP contribution in [0.1, 0.15) is 39.0 Å². The van der Waals surface area contributed by atoms with E-state index in [1.165, 1.54) is 31.6 Å². The van der Waals surface area contributed by atoms with Crippen LogP contribution in [0.5, 0.6) is 0 Å². The minimum absolute atomic E-state index is 0.0727. The molecule has 0 aliphatic rings. The molecule has 0 saturated carbocycles. The molecular weight excluding hydrogens is 545 g/mol. The molecular formula is C27H29F3N6O3S. The Morgan fingerprint density at radius 1 is 1.02 bits per heavy atom. The van der Waals surface area contributed by atoms with Gasteiger partial charge in [0.05, 0.1) is 16.8 Å². The first-order valence-electron chi connectivity index (χ1n) is 12.0. The minimum Gasteiger partial charge on any atom is -0.368 e. The molecule has 1 heterocycles. The number of anilines is 2. The quantitative estimate of drug-likeness (QED) is 0.394. The van der Waals surface area contributed by atoms with Crippen LogP contribution in [-0.4, -0.2) is 67.7 Å². The van der Waals surface area contributed by atoms with E-state index >= 15 is 0 Å². The number of nitrogens with two attached hydrogens (primary N) is 1. The summed E-state index contributed by atoms with van der Waals surface area (Å²) in [5, 5.41) is 2.37. The van der Waals surface area contributed by atoms with Gasteiger partial charge in [-0.2, -0.15) is 13.2 Å². The molecule has 13 heteroatoms. The lowest BCUT2D eigenvalue weighted by atomic mass is 10.0. The first kappa shape index (κ1) is 30.6. The third-order valence-electron chi connectivity index (χ3n) is 5.83. The molecule has 0 atom stereocenters. The topological polar surface area (TPSA) is 122 Å². The van der Waals surface area contributed by atoms with Crippen LogP contribution in [0.3, 0.4) is 0 Å². The fraction of sp³-hybridized carbons (Fsp3) is 0.296. The Bertz CT molecular complexity index is 1550. The van der Waals surface area contributed by atoms with E-state index in [4.69, 9.17) is 5.73 Å². The van der Waals surface area contributed by atoms with Gasteiger partial charge < -0.3 is 16.0 Å². The number of alkyl halides is 3. The van der Waals surface area contributed by atoms with E-state index in [-0.39, 0.29) is 18.1 Å². The molecule has 1 aromatic heterocycles. The van der Waals surface area contributed by atoms with E-state index in [0.29, 0.717) is 36.2 Å². The second-order valence-corrected chi connectivity index (χ2v) is 11.3. The molecule has 1 amide bonds. The summed E-state index contributed by atoms with van der Waals surface area (Å²) in [5.41, 5.74) is 5.66. The van der Waals surface area contributed by atoms with Crippen molar-refractivity contribution in [1.82, 2.24) is 19.2 Å². The highest BCUT2D eigenvalue weighted by atomic mass is 32.2. The van der Waals surface area contributed by atoms with Crippen LogP contribution < -0.4 is 11.1 Å². The smallest absolute Gasteiger partial charge is 0.368 e. The third-order valence-corrected chi connectivity index (χ3v) is 7.75. The van der Waals surface area contributed by atoms with Gasteiger partial charge in [0, 0.05) is 37.1 Å². The lowest BCUT2D eigenvalue weighted by Gasteiger charge is -2.21. The summed E-state index contributed by atoms with van der Waals surface area (Å²) in [6, 6.07) is 6.71. The van der Waals surface area contributed by atoms with Crippen LogP contribution in [0.25, 0.3) is 0 Å². The predicted octanol–water partition coefficient (Wildman–Crippen LogP) is 3.61. The van der Waals surface area contributed by atoms with E-state index in [1.807, 2.05) is 19.0 Å². The number of amides is 1. The molecule has 0 aliphatic carbocycles. The van der Waals surface area contributed by atoms with Gasteiger partial charge in [-0.25, -0.2) is 22.7 Å². The zero-order valence-corrected chi connectivity index (χ0v) is 23.2. The second kappa shape index (κ2) is 12.5. The standard InChI is InChI=1S/C27H29F3N6O3S/c1-18-6-8-21(14-20(18)9-7-19-16-32-26(31)33-17-19)25(37)34-23-15-22(27(28,29)30)10-11-24(23)40(38,39)36(4)13-5-12-35(2)3/h6,8,10-11,14-17H,5,12-13H2,1-4H3,(H,34,37)(H2,31,32,33). The molecule has 3 N–H and O–H groups in total. The number of hydrogen-bond donors (Lipinski definition) is 2. The van der Waals surface area contributed by atoms with Gasteiger partial charge in [0.25, 0.3) is 5.91 Å². The number of nitrogens with one attached hydrogen (secondary N) is 1. The summed E-state index contributed by atoms with van der Waals surface area (Å²) in [4.78, 5) is 22.3. The molecule has 3 rings (SSSR count). The number of hydrogen-bond acceptors (Lipinski definition) is 7. The average Bonchev–Trinajstić information content (AvgIpc) is 2.88. The Morgan fingerprint density at radius 2 is 1.70 bits per heavy atom. The predicted molar refractivity (Wildman–Crippen MR) is 146 cm³/mol. The van der Waals surface area contributed by atoms with Crippen molar-refractivity contribution in [3.05, 3.63) is 76.6 Å². The summed E-state index contributed by atoms with van der Waals surface area (Å²) < 4.78 is 68.1. The molecule has 3 aromatic rings. The van der Waals surface area contributed by atoms with Crippen molar-refractivity contribution in [2.24, 2.45) is 0 Å². The summed E-state index contributed by atoms with van der Waals surface area (Å²) in [6.07, 6.45) is -1.37. The highest BCUT2D eigenvalue weighted by Crippen LogP contribution is 2.34. The number of benzene rings is 2. The van der Waals surface area contributed by atoms with Crippen molar-refractivity contribution in [3.8, 4) is 11.8 Å². The van der Waals surface area contributed by atoms with Gasteiger partial charge in [0.15, 0.2) is 0 Å². The number of nitrogen functional groups attached to an aromatic ring is 1. The summed E-state index contributed by atoms with van der Waals surface area (Å²) in [5.74, 6) is 5.06. The molecule has 2 aromatic carbocycles. The van der Waals surface area contributed by atoms with E-state index < -0.39 is 38.3 Å². The van der Waals surface area contributed by atoms with Crippen LogP contribution >= 0.6 is 0 Å². The number of rotatable bonds is 8. The lowest BCUT2D eigenvalue weighted by Crippen LogP contribution is -2.31. The molecule has 0 bridgehead atoms.